The Kier molecular flexibility index (Phi) is 5.24. The highest BCUT2D eigenvalue weighted by Gasteiger charge is 2.38. The van der Waals surface area contributed by atoms with Gasteiger partial charge in [0.2, 0.25) is 10.0 Å². The molecule has 0 amide bonds. The SMILES string of the molecule is O=S(=O)(c1cccc(C(F)(F)F)c1)N1CCC[C@H]1c1cc(Nc2ccccn2)n[nH]1. The lowest BCUT2D eigenvalue weighted by Gasteiger charge is -2.23. The van der Waals surface area contributed by atoms with Crippen molar-refractivity contribution in [2.75, 3.05) is 11.9 Å². The van der Waals surface area contributed by atoms with Crippen molar-refractivity contribution >= 4 is 21.7 Å². The molecule has 1 fully saturated rings. The van der Waals surface area contributed by atoms with Crippen LogP contribution in [0.4, 0.5) is 24.8 Å². The molecule has 0 radical (unpaired) electrons. The molecule has 0 unspecified atom stereocenters. The van der Waals surface area contributed by atoms with E-state index in [2.05, 4.69) is 20.5 Å². The van der Waals surface area contributed by atoms with Crippen molar-refractivity contribution in [2.45, 2.75) is 30.0 Å². The first-order valence-electron chi connectivity index (χ1n) is 9.17. The Balaban J connectivity index is 1.59. The number of aromatic amines is 1. The Labute approximate surface area is 171 Å². The van der Waals surface area contributed by atoms with E-state index in [-0.39, 0.29) is 11.4 Å². The van der Waals surface area contributed by atoms with Crippen LogP contribution in [0.3, 0.4) is 0 Å². The Morgan fingerprint density at radius 1 is 1.10 bits per heavy atom. The number of aromatic nitrogens is 3. The maximum Gasteiger partial charge on any atom is 0.416 e. The number of halogens is 3. The lowest BCUT2D eigenvalue weighted by molar-refractivity contribution is -0.137. The minimum absolute atomic E-state index is 0.214. The van der Waals surface area contributed by atoms with Crippen molar-refractivity contribution < 1.29 is 21.6 Å². The predicted molar refractivity (Wildman–Crippen MR) is 103 cm³/mol. The van der Waals surface area contributed by atoms with Gasteiger partial charge in [0, 0.05) is 18.8 Å². The standard InChI is InChI=1S/C19H18F3N5O2S/c20-19(21,22)13-5-3-6-14(11-13)30(28,29)27-10-4-7-16(27)15-12-18(26-25-15)24-17-8-1-2-9-23-17/h1-3,5-6,8-9,11-12,16H,4,7,10H2,(H2,23,24,25,26)/t16-/m0/s1. The van der Waals surface area contributed by atoms with Crippen LogP contribution in [0, 0.1) is 0 Å². The van der Waals surface area contributed by atoms with Gasteiger partial charge in [0.15, 0.2) is 5.82 Å². The molecule has 30 heavy (non-hydrogen) atoms. The fourth-order valence-electron chi connectivity index (χ4n) is 3.45. The summed E-state index contributed by atoms with van der Waals surface area (Å²) in [7, 11) is -4.12. The third-order valence-corrected chi connectivity index (χ3v) is 6.75. The molecular formula is C19H18F3N5O2S. The number of alkyl halides is 3. The number of benzene rings is 1. The Morgan fingerprint density at radius 3 is 2.67 bits per heavy atom. The quantitative estimate of drug-likeness (QED) is 0.627. The molecular weight excluding hydrogens is 419 g/mol. The van der Waals surface area contributed by atoms with Crippen LogP contribution in [0.25, 0.3) is 0 Å². The minimum atomic E-state index is -4.62. The number of nitrogens with one attached hydrogen (secondary N) is 2. The minimum Gasteiger partial charge on any atom is -0.323 e. The second-order valence-corrected chi connectivity index (χ2v) is 8.74. The molecule has 3 heterocycles. The summed E-state index contributed by atoms with van der Waals surface area (Å²) in [6.45, 7) is 0.214. The summed E-state index contributed by atoms with van der Waals surface area (Å²) >= 11 is 0. The summed E-state index contributed by atoms with van der Waals surface area (Å²) in [6, 6.07) is 10.3. The predicted octanol–water partition coefficient (Wildman–Crippen LogP) is 4.09. The molecule has 158 valence electrons. The molecule has 0 spiro atoms. The molecule has 11 heteroatoms. The van der Waals surface area contributed by atoms with E-state index in [1.54, 1.807) is 24.4 Å². The molecule has 1 atom stereocenters. The highest BCUT2D eigenvalue weighted by atomic mass is 32.2. The largest absolute Gasteiger partial charge is 0.416 e. The summed E-state index contributed by atoms with van der Waals surface area (Å²) in [5.74, 6) is 1.04. The van der Waals surface area contributed by atoms with Crippen molar-refractivity contribution in [1.29, 1.82) is 0 Å². The monoisotopic (exact) mass is 437 g/mol. The van der Waals surface area contributed by atoms with Crippen molar-refractivity contribution in [2.24, 2.45) is 0 Å². The summed E-state index contributed by atoms with van der Waals surface area (Å²) in [5.41, 5.74) is -0.441. The summed E-state index contributed by atoms with van der Waals surface area (Å²) in [5, 5.41) is 9.99. The first-order chi connectivity index (χ1) is 14.2. The van der Waals surface area contributed by atoms with E-state index in [1.165, 1.54) is 10.4 Å². The lowest BCUT2D eigenvalue weighted by atomic mass is 10.2. The van der Waals surface area contributed by atoms with Gasteiger partial charge in [-0.25, -0.2) is 13.4 Å². The normalized spacial score (nSPS) is 17.9. The molecule has 7 nitrogen and oxygen atoms in total. The molecule has 2 aromatic heterocycles. The van der Waals surface area contributed by atoms with Crippen LogP contribution in [0.1, 0.15) is 30.1 Å². The van der Waals surface area contributed by atoms with Crippen LogP contribution < -0.4 is 5.32 Å². The Morgan fingerprint density at radius 2 is 1.93 bits per heavy atom. The number of nitrogens with zero attached hydrogens (tertiary/aromatic N) is 3. The second kappa shape index (κ2) is 7.73. The van der Waals surface area contributed by atoms with E-state index in [0.29, 0.717) is 36.2 Å². The van der Waals surface area contributed by atoms with Crippen molar-refractivity contribution in [3.63, 3.8) is 0 Å². The third-order valence-electron chi connectivity index (χ3n) is 4.85. The first kappa shape index (κ1) is 20.4. The fourth-order valence-corrected chi connectivity index (χ4v) is 5.17. The van der Waals surface area contributed by atoms with Crippen LogP contribution in [0.15, 0.2) is 59.6 Å². The van der Waals surface area contributed by atoms with E-state index >= 15 is 0 Å². The molecule has 1 aromatic carbocycles. The highest BCUT2D eigenvalue weighted by molar-refractivity contribution is 7.89. The zero-order valence-corrected chi connectivity index (χ0v) is 16.4. The van der Waals surface area contributed by atoms with Crippen LogP contribution >= 0.6 is 0 Å². The molecule has 1 aliphatic rings. The maximum absolute atomic E-state index is 13.1. The highest BCUT2D eigenvalue weighted by Crippen LogP contribution is 2.38. The molecule has 3 aromatic rings. The van der Waals surface area contributed by atoms with Crippen molar-refractivity contribution in [3.8, 4) is 0 Å². The topological polar surface area (TPSA) is 91.0 Å². The number of hydrogen-bond donors (Lipinski definition) is 2. The number of rotatable bonds is 5. The lowest BCUT2D eigenvalue weighted by Crippen LogP contribution is -2.31. The van der Waals surface area contributed by atoms with Gasteiger partial charge in [-0.1, -0.05) is 12.1 Å². The summed E-state index contributed by atoms with van der Waals surface area (Å²) in [4.78, 5) is 3.76. The smallest absolute Gasteiger partial charge is 0.323 e. The van der Waals surface area contributed by atoms with Crippen LogP contribution in [0.2, 0.25) is 0 Å². The van der Waals surface area contributed by atoms with E-state index in [0.717, 1.165) is 12.1 Å². The zero-order valence-electron chi connectivity index (χ0n) is 15.6. The van der Waals surface area contributed by atoms with E-state index in [1.807, 2.05) is 6.07 Å². The average molecular weight is 437 g/mol. The van der Waals surface area contributed by atoms with E-state index in [9.17, 15) is 21.6 Å². The third kappa shape index (κ3) is 4.03. The van der Waals surface area contributed by atoms with Crippen LogP contribution in [0.5, 0.6) is 0 Å². The molecule has 0 saturated carbocycles. The maximum atomic E-state index is 13.1. The zero-order chi connectivity index (χ0) is 21.4. The fraction of sp³-hybridized carbons (Fsp3) is 0.263. The van der Waals surface area contributed by atoms with Gasteiger partial charge >= 0.3 is 6.18 Å². The Bertz CT molecular complexity index is 1130. The molecule has 1 aliphatic heterocycles. The van der Waals surface area contributed by atoms with Crippen LogP contribution in [-0.4, -0.2) is 34.4 Å². The Hall–Kier alpha value is -2.92. The van der Waals surface area contributed by atoms with Gasteiger partial charge < -0.3 is 5.32 Å². The summed E-state index contributed by atoms with van der Waals surface area (Å²) < 4.78 is 66.5. The molecule has 0 aliphatic carbocycles. The first-order valence-corrected chi connectivity index (χ1v) is 10.6. The van der Waals surface area contributed by atoms with Gasteiger partial charge in [0.1, 0.15) is 5.82 Å². The second-order valence-electron chi connectivity index (χ2n) is 6.85. The van der Waals surface area contributed by atoms with Crippen molar-refractivity contribution in [3.05, 3.63) is 66.0 Å². The number of H-pyrrole nitrogens is 1. The van der Waals surface area contributed by atoms with Gasteiger partial charge in [-0.2, -0.15) is 22.6 Å². The van der Waals surface area contributed by atoms with E-state index < -0.39 is 27.8 Å². The van der Waals surface area contributed by atoms with Crippen LogP contribution in [-0.2, 0) is 16.2 Å². The van der Waals surface area contributed by atoms with Gasteiger partial charge in [-0.05, 0) is 43.2 Å². The molecule has 0 bridgehead atoms. The number of hydrogen-bond acceptors (Lipinski definition) is 5. The number of anilines is 2. The average Bonchev–Trinajstić information content (AvgIpc) is 3.38. The van der Waals surface area contributed by atoms with Gasteiger partial charge in [-0.3, -0.25) is 5.10 Å². The number of sulfonamides is 1. The molecule has 1 saturated heterocycles. The molecule has 4 rings (SSSR count). The van der Waals surface area contributed by atoms with Crippen molar-refractivity contribution in [1.82, 2.24) is 19.5 Å². The van der Waals surface area contributed by atoms with Gasteiger partial charge in [-0.15, -0.1) is 0 Å². The van der Waals surface area contributed by atoms with Gasteiger partial charge in [0.05, 0.1) is 22.2 Å². The molecule has 2 N–H and O–H groups in total. The van der Waals surface area contributed by atoms with E-state index in [4.69, 9.17) is 0 Å². The summed E-state index contributed by atoms with van der Waals surface area (Å²) in [6.07, 6.45) is -1.88. The van der Waals surface area contributed by atoms with Gasteiger partial charge in [0.25, 0.3) is 0 Å². The number of pyridine rings is 1.